The van der Waals surface area contributed by atoms with E-state index in [4.69, 9.17) is 4.74 Å². The molecule has 1 aliphatic heterocycles. The Kier molecular flexibility index (Phi) is 3.14. The van der Waals surface area contributed by atoms with E-state index in [1.165, 1.54) is 12.1 Å². The summed E-state index contributed by atoms with van der Waals surface area (Å²) in [7, 11) is 1.91. The van der Waals surface area contributed by atoms with Crippen molar-refractivity contribution < 1.29 is 9.13 Å². The van der Waals surface area contributed by atoms with Crippen LogP contribution in [0, 0.1) is 5.82 Å². The molecule has 0 fully saturated rings. The molecular formula is C14H14FN3O2. The van der Waals surface area contributed by atoms with Crippen LogP contribution in [-0.2, 0) is 13.2 Å². The van der Waals surface area contributed by atoms with Crippen molar-refractivity contribution in [2.45, 2.75) is 13.2 Å². The Morgan fingerprint density at radius 1 is 1.35 bits per heavy atom. The molecule has 0 N–H and O–H groups in total. The van der Waals surface area contributed by atoms with Gasteiger partial charge in [-0.3, -0.25) is 4.57 Å². The average Bonchev–Trinajstić information content (AvgIpc) is 2.79. The summed E-state index contributed by atoms with van der Waals surface area (Å²) in [6, 6.07) is 7.88. The highest BCUT2D eigenvalue weighted by Crippen LogP contribution is 2.21. The summed E-state index contributed by atoms with van der Waals surface area (Å²) in [5, 5.41) is 0. The first-order valence-electron chi connectivity index (χ1n) is 6.34. The molecule has 0 atom stereocenters. The van der Waals surface area contributed by atoms with E-state index in [2.05, 4.69) is 4.98 Å². The normalized spacial score (nSPS) is 13.4. The molecule has 3 rings (SSSR count). The molecule has 0 aliphatic carbocycles. The maximum atomic E-state index is 13.1. The minimum Gasteiger partial charge on any atom is -0.473 e. The van der Waals surface area contributed by atoms with Crippen LogP contribution in [0.3, 0.4) is 0 Å². The first-order chi connectivity index (χ1) is 9.63. The molecule has 0 unspecified atom stereocenters. The number of anilines is 1. The molecule has 104 valence electrons. The highest BCUT2D eigenvalue weighted by atomic mass is 19.1. The zero-order valence-electron chi connectivity index (χ0n) is 11.0. The summed E-state index contributed by atoms with van der Waals surface area (Å²) < 4.78 is 20.1. The molecule has 0 spiro atoms. The van der Waals surface area contributed by atoms with Crippen molar-refractivity contribution in [2.24, 2.45) is 0 Å². The number of benzene rings is 1. The van der Waals surface area contributed by atoms with Crippen LogP contribution in [0.1, 0.15) is 5.56 Å². The molecule has 20 heavy (non-hydrogen) atoms. The lowest BCUT2D eigenvalue weighted by Crippen LogP contribution is -2.22. The van der Waals surface area contributed by atoms with Gasteiger partial charge < -0.3 is 9.64 Å². The Morgan fingerprint density at radius 2 is 2.20 bits per heavy atom. The molecular weight excluding hydrogens is 261 g/mol. The van der Waals surface area contributed by atoms with E-state index in [1.54, 1.807) is 22.8 Å². The molecule has 0 radical (unpaired) electrons. The summed E-state index contributed by atoms with van der Waals surface area (Å²) in [5.41, 5.74) is 0.377. The molecule has 5 nitrogen and oxygen atoms in total. The molecule has 0 amide bonds. The largest absolute Gasteiger partial charge is 0.473 e. The fourth-order valence-corrected chi connectivity index (χ4v) is 2.22. The lowest BCUT2D eigenvalue weighted by molar-refractivity contribution is 0.291. The van der Waals surface area contributed by atoms with Crippen molar-refractivity contribution in [1.29, 1.82) is 0 Å². The maximum Gasteiger partial charge on any atom is 0.352 e. The SMILES string of the molecule is CN1CCn2c1cc(OCc1cccc(F)c1)nc2=O. The molecule has 0 saturated heterocycles. The smallest absolute Gasteiger partial charge is 0.352 e. The minimum atomic E-state index is -0.318. The lowest BCUT2D eigenvalue weighted by Gasteiger charge is -2.12. The van der Waals surface area contributed by atoms with E-state index in [-0.39, 0.29) is 24.0 Å². The Morgan fingerprint density at radius 3 is 3.00 bits per heavy atom. The Hall–Kier alpha value is -2.37. The molecule has 0 saturated carbocycles. The van der Waals surface area contributed by atoms with Crippen LogP contribution in [0.25, 0.3) is 0 Å². The molecule has 1 aromatic carbocycles. The van der Waals surface area contributed by atoms with E-state index >= 15 is 0 Å². The van der Waals surface area contributed by atoms with Gasteiger partial charge in [0, 0.05) is 26.2 Å². The Bertz CT molecular complexity index is 699. The number of hydrogen-bond acceptors (Lipinski definition) is 4. The number of rotatable bonds is 3. The number of aromatic nitrogens is 2. The second-order valence-corrected chi connectivity index (χ2v) is 4.73. The van der Waals surface area contributed by atoms with Gasteiger partial charge >= 0.3 is 5.69 Å². The molecule has 2 heterocycles. The zero-order valence-corrected chi connectivity index (χ0v) is 11.0. The van der Waals surface area contributed by atoms with E-state index in [1.807, 2.05) is 11.9 Å². The monoisotopic (exact) mass is 275 g/mol. The summed E-state index contributed by atoms with van der Waals surface area (Å²) in [6.45, 7) is 1.60. The van der Waals surface area contributed by atoms with Crippen molar-refractivity contribution in [2.75, 3.05) is 18.5 Å². The second-order valence-electron chi connectivity index (χ2n) is 4.73. The number of fused-ring (bicyclic) bond motifs is 1. The van der Waals surface area contributed by atoms with Gasteiger partial charge in [-0.05, 0) is 17.7 Å². The molecule has 0 bridgehead atoms. The van der Waals surface area contributed by atoms with E-state index < -0.39 is 0 Å². The predicted octanol–water partition coefficient (Wildman–Crippen LogP) is 1.41. The molecule has 1 aliphatic rings. The van der Waals surface area contributed by atoms with Gasteiger partial charge in [0.25, 0.3) is 0 Å². The fourth-order valence-electron chi connectivity index (χ4n) is 2.22. The number of halogens is 1. The van der Waals surface area contributed by atoms with Gasteiger partial charge in [0.15, 0.2) is 0 Å². The lowest BCUT2D eigenvalue weighted by atomic mass is 10.2. The summed E-state index contributed by atoms with van der Waals surface area (Å²) in [4.78, 5) is 17.7. The fraction of sp³-hybridized carbons (Fsp3) is 0.286. The third kappa shape index (κ3) is 2.36. The summed E-state index contributed by atoms with van der Waals surface area (Å²) in [6.07, 6.45) is 0. The average molecular weight is 275 g/mol. The Labute approximate surface area is 115 Å². The third-order valence-corrected chi connectivity index (χ3v) is 3.29. The van der Waals surface area contributed by atoms with Gasteiger partial charge in [-0.2, -0.15) is 4.98 Å². The van der Waals surface area contributed by atoms with Crippen molar-refractivity contribution >= 4 is 5.82 Å². The van der Waals surface area contributed by atoms with Gasteiger partial charge in [-0.25, -0.2) is 9.18 Å². The van der Waals surface area contributed by atoms with E-state index in [9.17, 15) is 9.18 Å². The Balaban J connectivity index is 1.80. The van der Waals surface area contributed by atoms with Gasteiger partial charge in [-0.1, -0.05) is 12.1 Å². The molecule has 2 aromatic rings. The van der Waals surface area contributed by atoms with Crippen LogP contribution in [0.5, 0.6) is 5.88 Å². The van der Waals surface area contributed by atoms with Crippen molar-refractivity contribution in [1.82, 2.24) is 9.55 Å². The van der Waals surface area contributed by atoms with Crippen LogP contribution in [0.2, 0.25) is 0 Å². The quantitative estimate of drug-likeness (QED) is 0.850. The standard InChI is InChI=1S/C14H14FN3O2/c1-17-5-6-18-13(17)8-12(16-14(18)19)20-9-10-3-2-4-11(15)7-10/h2-4,7-8H,5-6,9H2,1H3. The first kappa shape index (κ1) is 12.7. The van der Waals surface area contributed by atoms with Crippen LogP contribution in [-0.4, -0.2) is 23.1 Å². The van der Waals surface area contributed by atoms with Crippen LogP contribution in [0.15, 0.2) is 35.1 Å². The second kappa shape index (κ2) is 4.96. The van der Waals surface area contributed by atoms with Gasteiger partial charge in [0.1, 0.15) is 18.2 Å². The first-order valence-corrected chi connectivity index (χ1v) is 6.34. The molecule has 6 heteroatoms. The minimum absolute atomic E-state index is 0.178. The number of likely N-dealkylation sites (N-methyl/N-ethyl adjacent to an activating group) is 1. The highest BCUT2D eigenvalue weighted by molar-refractivity contribution is 5.44. The van der Waals surface area contributed by atoms with Gasteiger partial charge in [0.05, 0.1) is 0 Å². The summed E-state index contributed by atoms with van der Waals surface area (Å²) >= 11 is 0. The highest BCUT2D eigenvalue weighted by Gasteiger charge is 2.18. The number of nitrogens with zero attached hydrogens (tertiary/aromatic N) is 3. The topological polar surface area (TPSA) is 47.4 Å². The van der Waals surface area contributed by atoms with Crippen LogP contribution >= 0.6 is 0 Å². The molecule has 1 aromatic heterocycles. The third-order valence-electron chi connectivity index (χ3n) is 3.29. The van der Waals surface area contributed by atoms with E-state index in [0.29, 0.717) is 12.1 Å². The van der Waals surface area contributed by atoms with E-state index in [0.717, 1.165) is 12.4 Å². The van der Waals surface area contributed by atoms with Crippen LogP contribution in [0.4, 0.5) is 10.2 Å². The number of ether oxygens (including phenoxy) is 1. The van der Waals surface area contributed by atoms with Gasteiger partial charge in [-0.15, -0.1) is 0 Å². The number of hydrogen-bond donors (Lipinski definition) is 0. The van der Waals surface area contributed by atoms with Crippen molar-refractivity contribution in [3.63, 3.8) is 0 Å². The maximum absolute atomic E-state index is 13.1. The van der Waals surface area contributed by atoms with Crippen molar-refractivity contribution in [3.8, 4) is 5.88 Å². The zero-order chi connectivity index (χ0) is 14.1. The predicted molar refractivity (Wildman–Crippen MR) is 72.5 cm³/mol. The van der Waals surface area contributed by atoms with Crippen molar-refractivity contribution in [3.05, 3.63) is 52.2 Å². The van der Waals surface area contributed by atoms with Gasteiger partial charge in [0.2, 0.25) is 5.88 Å². The summed E-state index contributed by atoms with van der Waals surface area (Å²) in [5.74, 6) is 0.742. The van der Waals surface area contributed by atoms with Crippen LogP contribution < -0.4 is 15.3 Å².